The molecule has 196 valence electrons. The molecule has 0 aliphatic carbocycles. The molecule has 2 aromatic heterocycles. The molecule has 0 atom stereocenters. The van der Waals surface area contributed by atoms with Gasteiger partial charge < -0.3 is 29.4 Å². The number of hydrogen-bond donors (Lipinski definition) is 2. The molecule has 2 aliphatic rings. The molecule has 10 nitrogen and oxygen atoms in total. The lowest BCUT2D eigenvalue weighted by molar-refractivity contribution is -0.231. The van der Waals surface area contributed by atoms with Crippen molar-refractivity contribution in [2.45, 2.75) is 26.6 Å². The summed E-state index contributed by atoms with van der Waals surface area (Å²) in [5, 5.41) is 2.91. The van der Waals surface area contributed by atoms with Crippen molar-refractivity contribution in [1.29, 1.82) is 0 Å². The quantitative estimate of drug-likeness (QED) is 0.499. The highest BCUT2D eigenvalue weighted by Crippen LogP contribution is 2.35. The van der Waals surface area contributed by atoms with E-state index in [1.807, 2.05) is 13.8 Å². The van der Waals surface area contributed by atoms with Crippen LogP contribution in [0.1, 0.15) is 32.4 Å². The van der Waals surface area contributed by atoms with Gasteiger partial charge in [0, 0.05) is 31.4 Å². The summed E-state index contributed by atoms with van der Waals surface area (Å²) in [7, 11) is 0. The summed E-state index contributed by atoms with van der Waals surface area (Å²) in [4.78, 5) is 32.0. The SMILES string of the molecule is CCCNC(=O)C1(C)COC(c2nc(-c3ccc(F)cc3)c(-c3ccnc(N4CCOCC4)n3)[nH]2)OC1. The van der Waals surface area contributed by atoms with Gasteiger partial charge in [-0.25, -0.2) is 19.3 Å². The Morgan fingerprint density at radius 1 is 1.16 bits per heavy atom. The summed E-state index contributed by atoms with van der Waals surface area (Å²) >= 11 is 0. The van der Waals surface area contributed by atoms with Gasteiger partial charge in [0.1, 0.15) is 5.82 Å². The summed E-state index contributed by atoms with van der Waals surface area (Å²) < 4.78 is 31.0. The van der Waals surface area contributed by atoms with Crippen molar-refractivity contribution in [3.05, 3.63) is 48.2 Å². The first-order chi connectivity index (χ1) is 18.0. The maximum atomic E-state index is 13.7. The summed E-state index contributed by atoms with van der Waals surface area (Å²) in [5.41, 5.74) is 1.78. The number of nitrogens with one attached hydrogen (secondary N) is 2. The first-order valence-electron chi connectivity index (χ1n) is 12.5. The number of amides is 1. The Balaban J connectivity index is 1.44. The van der Waals surface area contributed by atoms with Gasteiger partial charge in [-0.05, 0) is 43.7 Å². The Kier molecular flexibility index (Phi) is 7.45. The summed E-state index contributed by atoms with van der Waals surface area (Å²) in [5.74, 6) is 0.603. The largest absolute Gasteiger partial charge is 0.378 e. The van der Waals surface area contributed by atoms with E-state index in [1.54, 1.807) is 24.4 Å². The van der Waals surface area contributed by atoms with Crippen molar-refractivity contribution >= 4 is 11.9 Å². The lowest BCUT2D eigenvalue weighted by Crippen LogP contribution is -2.48. The van der Waals surface area contributed by atoms with E-state index < -0.39 is 11.7 Å². The van der Waals surface area contributed by atoms with Crippen LogP contribution in [0.4, 0.5) is 10.3 Å². The second kappa shape index (κ2) is 10.9. The van der Waals surface area contributed by atoms with E-state index in [0.29, 0.717) is 67.3 Å². The maximum Gasteiger partial charge on any atom is 0.230 e. The van der Waals surface area contributed by atoms with Gasteiger partial charge in [0.25, 0.3) is 0 Å². The molecular formula is C26H31FN6O4. The third-order valence-corrected chi connectivity index (χ3v) is 6.45. The van der Waals surface area contributed by atoms with Crippen LogP contribution in [0.3, 0.4) is 0 Å². The molecule has 2 fully saturated rings. The highest BCUT2D eigenvalue weighted by atomic mass is 19.1. The van der Waals surface area contributed by atoms with Gasteiger partial charge >= 0.3 is 0 Å². The second-order valence-electron chi connectivity index (χ2n) is 9.46. The average molecular weight is 511 g/mol. The van der Waals surface area contributed by atoms with E-state index in [1.165, 1.54) is 12.1 Å². The molecule has 0 bridgehead atoms. The van der Waals surface area contributed by atoms with Crippen LogP contribution in [0, 0.1) is 11.2 Å². The standard InChI is InChI=1S/C26H31FN6O4/c1-3-9-28-24(34)26(2)15-36-23(37-16-26)22-31-20(17-4-6-18(27)7-5-17)21(32-22)19-8-10-29-25(30-19)33-11-13-35-14-12-33/h4-8,10,23H,3,9,11-16H2,1-2H3,(H,28,34)(H,31,32). The Hall–Kier alpha value is -3.41. The van der Waals surface area contributed by atoms with Gasteiger partial charge in [0.15, 0.2) is 5.82 Å². The molecule has 0 saturated carbocycles. The monoisotopic (exact) mass is 510 g/mol. The minimum atomic E-state index is -0.791. The van der Waals surface area contributed by atoms with Crippen molar-refractivity contribution in [1.82, 2.24) is 25.3 Å². The maximum absolute atomic E-state index is 13.7. The highest BCUT2D eigenvalue weighted by Gasteiger charge is 2.40. The van der Waals surface area contributed by atoms with Gasteiger partial charge in [-0.3, -0.25) is 4.79 Å². The number of aromatic amines is 1. The van der Waals surface area contributed by atoms with Crippen LogP contribution in [0.2, 0.25) is 0 Å². The number of ether oxygens (including phenoxy) is 3. The van der Waals surface area contributed by atoms with Crippen LogP contribution < -0.4 is 10.2 Å². The molecule has 0 spiro atoms. The van der Waals surface area contributed by atoms with Crippen molar-refractivity contribution in [3.8, 4) is 22.6 Å². The van der Waals surface area contributed by atoms with Gasteiger partial charge in [-0.1, -0.05) is 6.92 Å². The van der Waals surface area contributed by atoms with E-state index in [-0.39, 0.29) is 24.9 Å². The van der Waals surface area contributed by atoms with E-state index in [4.69, 9.17) is 24.2 Å². The second-order valence-corrected chi connectivity index (χ2v) is 9.46. The van der Waals surface area contributed by atoms with Crippen LogP contribution in [0.25, 0.3) is 22.6 Å². The zero-order valence-electron chi connectivity index (χ0n) is 21.0. The first-order valence-corrected chi connectivity index (χ1v) is 12.5. The number of rotatable bonds is 7. The third-order valence-electron chi connectivity index (χ3n) is 6.45. The third kappa shape index (κ3) is 5.48. The van der Waals surface area contributed by atoms with Crippen molar-refractivity contribution in [2.75, 3.05) is 51.0 Å². The molecule has 11 heteroatoms. The normalized spacial score (nSPS) is 22.1. The van der Waals surface area contributed by atoms with Crippen LogP contribution in [0.5, 0.6) is 0 Å². The minimum Gasteiger partial charge on any atom is -0.378 e. The van der Waals surface area contributed by atoms with Crippen molar-refractivity contribution < 1.29 is 23.4 Å². The molecular weight excluding hydrogens is 479 g/mol. The molecule has 5 rings (SSSR count). The van der Waals surface area contributed by atoms with E-state index in [2.05, 4.69) is 20.2 Å². The molecule has 4 heterocycles. The fraction of sp³-hybridized carbons (Fsp3) is 0.462. The van der Waals surface area contributed by atoms with Crippen molar-refractivity contribution in [2.24, 2.45) is 5.41 Å². The van der Waals surface area contributed by atoms with Gasteiger partial charge in [-0.15, -0.1) is 0 Å². The van der Waals surface area contributed by atoms with Crippen LogP contribution >= 0.6 is 0 Å². The number of halogens is 1. The molecule has 3 aromatic rings. The summed E-state index contributed by atoms with van der Waals surface area (Å²) in [6.07, 6.45) is 1.76. The number of hydrogen-bond acceptors (Lipinski definition) is 8. The Morgan fingerprint density at radius 3 is 2.59 bits per heavy atom. The van der Waals surface area contributed by atoms with Crippen molar-refractivity contribution in [3.63, 3.8) is 0 Å². The molecule has 0 radical (unpaired) electrons. The van der Waals surface area contributed by atoms with Gasteiger partial charge in [-0.2, -0.15) is 0 Å². The first kappa shape index (κ1) is 25.2. The number of anilines is 1. The van der Waals surface area contributed by atoms with Crippen LogP contribution in [-0.2, 0) is 19.0 Å². The van der Waals surface area contributed by atoms with Gasteiger partial charge in [0.2, 0.25) is 18.1 Å². The summed E-state index contributed by atoms with van der Waals surface area (Å²) in [6.45, 7) is 7.44. The lowest BCUT2D eigenvalue weighted by Gasteiger charge is -2.35. The topological polar surface area (TPSA) is 114 Å². The molecule has 0 unspecified atom stereocenters. The number of aromatic nitrogens is 4. The number of morpholine rings is 1. The Labute approximate surface area is 214 Å². The molecule has 37 heavy (non-hydrogen) atoms. The predicted molar refractivity (Wildman–Crippen MR) is 134 cm³/mol. The average Bonchev–Trinajstić information content (AvgIpc) is 3.38. The smallest absolute Gasteiger partial charge is 0.230 e. The number of carbonyl (C=O) groups excluding carboxylic acids is 1. The Morgan fingerprint density at radius 2 is 1.89 bits per heavy atom. The minimum absolute atomic E-state index is 0.100. The molecule has 1 aromatic carbocycles. The summed E-state index contributed by atoms with van der Waals surface area (Å²) in [6, 6.07) is 7.91. The number of nitrogens with zero attached hydrogens (tertiary/aromatic N) is 4. The number of H-pyrrole nitrogens is 1. The molecule has 2 N–H and O–H groups in total. The fourth-order valence-electron chi connectivity index (χ4n) is 4.26. The zero-order chi connectivity index (χ0) is 25.8. The number of carbonyl (C=O) groups is 1. The fourth-order valence-corrected chi connectivity index (χ4v) is 4.26. The van der Waals surface area contributed by atoms with E-state index in [0.717, 1.165) is 6.42 Å². The predicted octanol–water partition coefficient (Wildman–Crippen LogP) is 3.09. The molecule has 2 aliphatic heterocycles. The van der Waals surface area contributed by atoms with Crippen LogP contribution in [-0.4, -0.2) is 71.9 Å². The van der Waals surface area contributed by atoms with E-state index in [9.17, 15) is 9.18 Å². The van der Waals surface area contributed by atoms with Gasteiger partial charge in [0.05, 0.1) is 48.9 Å². The molecule has 1 amide bonds. The highest BCUT2D eigenvalue weighted by molar-refractivity contribution is 5.82. The van der Waals surface area contributed by atoms with E-state index >= 15 is 0 Å². The molecule has 2 saturated heterocycles. The Bertz CT molecular complexity index is 1220. The van der Waals surface area contributed by atoms with Crippen LogP contribution in [0.15, 0.2) is 36.5 Å². The number of imidazole rings is 1. The zero-order valence-corrected chi connectivity index (χ0v) is 21.0. The number of benzene rings is 1. The lowest BCUT2D eigenvalue weighted by atomic mass is 9.91.